The molecule has 2 aromatic rings. The topological polar surface area (TPSA) is 54.0 Å². The van der Waals surface area contributed by atoms with Crippen LogP contribution in [0.4, 0.5) is 26.0 Å². The van der Waals surface area contributed by atoms with E-state index >= 15 is 0 Å². The molecule has 0 aliphatic heterocycles. The summed E-state index contributed by atoms with van der Waals surface area (Å²) in [6.45, 7) is 1.74. The van der Waals surface area contributed by atoms with Gasteiger partial charge in [-0.3, -0.25) is 4.79 Å². The SMILES string of the molecule is CCC(=O)Nc1ccc(Nc2ccc(F)c(F)c2)cn1. The van der Waals surface area contributed by atoms with Crippen LogP contribution in [0.3, 0.4) is 0 Å². The van der Waals surface area contributed by atoms with Crippen molar-refractivity contribution in [2.24, 2.45) is 0 Å². The number of benzene rings is 1. The summed E-state index contributed by atoms with van der Waals surface area (Å²) in [6, 6.07) is 6.82. The molecule has 1 aromatic heterocycles. The number of nitrogens with zero attached hydrogens (tertiary/aromatic N) is 1. The van der Waals surface area contributed by atoms with Gasteiger partial charge in [-0.1, -0.05) is 6.92 Å². The summed E-state index contributed by atoms with van der Waals surface area (Å²) in [5, 5.41) is 5.50. The number of hydrogen-bond donors (Lipinski definition) is 2. The first-order chi connectivity index (χ1) is 9.58. The lowest BCUT2D eigenvalue weighted by atomic mass is 10.3. The summed E-state index contributed by atoms with van der Waals surface area (Å²) < 4.78 is 25.8. The van der Waals surface area contributed by atoms with Crippen molar-refractivity contribution in [2.75, 3.05) is 10.6 Å². The lowest BCUT2D eigenvalue weighted by Gasteiger charge is -2.08. The van der Waals surface area contributed by atoms with Crippen molar-refractivity contribution in [1.82, 2.24) is 4.98 Å². The molecule has 20 heavy (non-hydrogen) atoms. The number of pyridine rings is 1. The highest BCUT2D eigenvalue weighted by Gasteiger charge is 2.04. The van der Waals surface area contributed by atoms with Crippen molar-refractivity contribution in [3.8, 4) is 0 Å². The molecular formula is C14H13F2N3O. The second kappa shape index (κ2) is 6.10. The molecule has 1 aromatic carbocycles. The first-order valence-corrected chi connectivity index (χ1v) is 6.06. The minimum Gasteiger partial charge on any atom is -0.354 e. The molecule has 0 unspecified atom stereocenters. The van der Waals surface area contributed by atoms with Gasteiger partial charge in [-0.25, -0.2) is 13.8 Å². The molecule has 0 aliphatic carbocycles. The van der Waals surface area contributed by atoms with Gasteiger partial charge in [-0.05, 0) is 24.3 Å². The van der Waals surface area contributed by atoms with Gasteiger partial charge in [-0.15, -0.1) is 0 Å². The molecular weight excluding hydrogens is 264 g/mol. The zero-order valence-corrected chi connectivity index (χ0v) is 10.8. The van der Waals surface area contributed by atoms with E-state index in [1.165, 1.54) is 12.3 Å². The van der Waals surface area contributed by atoms with Crippen LogP contribution in [0.15, 0.2) is 36.5 Å². The maximum absolute atomic E-state index is 13.1. The Kier molecular flexibility index (Phi) is 4.24. The summed E-state index contributed by atoms with van der Waals surface area (Å²) >= 11 is 0. The Morgan fingerprint density at radius 2 is 1.90 bits per heavy atom. The Labute approximate surface area is 114 Å². The second-order valence-electron chi connectivity index (χ2n) is 4.09. The summed E-state index contributed by atoms with van der Waals surface area (Å²) in [5.74, 6) is -1.51. The number of nitrogens with one attached hydrogen (secondary N) is 2. The van der Waals surface area contributed by atoms with Gasteiger partial charge in [0.2, 0.25) is 5.91 Å². The Balaban J connectivity index is 2.06. The number of carbonyl (C=O) groups is 1. The van der Waals surface area contributed by atoms with E-state index in [0.717, 1.165) is 12.1 Å². The molecule has 1 amide bonds. The molecule has 0 radical (unpaired) electrons. The predicted octanol–water partition coefficient (Wildman–Crippen LogP) is 3.45. The van der Waals surface area contributed by atoms with E-state index in [-0.39, 0.29) is 5.91 Å². The monoisotopic (exact) mass is 277 g/mol. The molecule has 6 heteroatoms. The van der Waals surface area contributed by atoms with Crippen LogP contribution in [-0.4, -0.2) is 10.9 Å². The Morgan fingerprint density at radius 1 is 1.15 bits per heavy atom. The Hall–Kier alpha value is -2.50. The molecule has 0 fully saturated rings. The predicted molar refractivity (Wildman–Crippen MR) is 72.8 cm³/mol. The number of anilines is 3. The summed E-state index contributed by atoms with van der Waals surface area (Å²) in [6.07, 6.45) is 1.86. The van der Waals surface area contributed by atoms with Gasteiger partial charge < -0.3 is 10.6 Å². The van der Waals surface area contributed by atoms with E-state index in [2.05, 4.69) is 15.6 Å². The fraction of sp³-hybridized carbons (Fsp3) is 0.143. The van der Waals surface area contributed by atoms with Crippen molar-refractivity contribution in [3.63, 3.8) is 0 Å². The third-order valence-electron chi connectivity index (χ3n) is 2.56. The minimum atomic E-state index is -0.921. The maximum Gasteiger partial charge on any atom is 0.225 e. The third-order valence-corrected chi connectivity index (χ3v) is 2.56. The van der Waals surface area contributed by atoms with Crippen molar-refractivity contribution in [3.05, 3.63) is 48.2 Å². The fourth-order valence-electron chi connectivity index (χ4n) is 1.51. The number of halogens is 2. The first kappa shape index (κ1) is 13.9. The summed E-state index contributed by atoms with van der Waals surface area (Å²) in [5.41, 5.74) is 1.02. The van der Waals surface area contributed by atoms with Crippen LogP contribution in [0.25, 0.3) is 0 Å². The molecule has 0 atom stereocenters. The lowest BCUT2D eigenvalue weighted by Crippen LogP contribution is -2.10. The van der Waals surface area contributed by atoms with Gasteiger partial charge in [0.15, 0.2) is 11.6 Å². The molecule has 0 saturated carbocycles. The largest absolute Gasteiger partial charge is 0.354 e. The van der Waals surface area contributed by atoms with E-state index in [4.69, 9.17) is 0 Å². The summed E-state index contributed by atoms with van der Waals surface area (Å²) in [7, 11) is 0. The zero-order valence-electron chi connectivity index (χ0n) is 10.8. The van der Waals surface area contributed by atoms with Crippen LogP contribution in [0.2, 0.25) is 0 Å². The highest BCUT2D eigenvalue weighted by atomic mass is 19.2. The molecule has 0 saturated heterocycles. The van der Waals surface area contributed by atoms with Gasteiger partial charge >= 0.3 is 0 Å². The van der Waals surface area contributed by atoms with Gasteiger partial charge in [0, 0.05) is 18.2 Å². The van der Waals surface area contributed by atoms with Crippen LogP contribution < -0.4 is 10.6 Å². The quantitative estimate of drug-likeness (QED) is 0.900. The van der Waals surface area contributed by atoms with Crippen molar-refractivity contribution in [2.45, 2.75) is 13.3 Å². The van der Waals surface area contributed by atoms with Gasteiger partial charge in [0.25, 0.3) is 0 Å². The number of carbonyl (C=O) groups excluding carboxylic acids is 1. The van der Waals surface area contributed by atoms with E-state index in [0.29, 0.717) is 23.6 Å². The zero-order chi connectivity index (χ0) is 14.5. The highest BCUT2D eigenvalue weighted by molar-refractivity contribution is 5.89. The Morgan fingerprint density at radius 3 is 2.50 bits per heavy atom. The fourth-order valence-corrected chi connectivity index (χ4v) is 1.51. The van der Waals surface area contributed by atoms with E-state index < -0.39 is 11.6 Å². The molecule has 2 rings (SSSR count). The van der Waals surface area contributed by atoms with Crippen molar-refractivity contribution >= 4 is 23.1 Å². The molecule has 0 spiro atoms. The third kappa shape index (κ3) is 3.50. The molecule has 2 N–H and O–H groups in total. The van der Waals surface area contributed by atoms with Crippen LogP contribution >= 0.6 is 0 Å². The van der Waals surface area contributed by atoms with Gasteiger partial charge in [0.05, 0.1) is 11.9 Å². The van der Waals surface area contributed by atoms with Crippen LogP contribution in [0.1, 0.15) is 13.3 Å². The lowest BCUT2D eigenvalue weighted by molar-refractivity contribution is -0.115. The Bertz CT molecular complexity index is 614. The molecule has 104 valence electrons. The average Bonchev–Trinajstić information content (AvgIpc) is 2.45. The number of aromatic nitrogens is 1. The number of rotatable bonds is 4. The van der Waals surface area contributed by atoms with Crippen LogP contribution in [0, 0.1) is 11.6 Å². The van der Waals surface area contributed by atoms with Gasteiger partial charge in [-0.2, -0.15) is 0 Å². The molecule has 0 bridgehead atoms. The first-order valence-electron chi connectivity index (χ1n) is 6.06. The van der Waals surface area contributed by atoms with E-state index in [1.54, 1.807) is 19.1 Å². The van der Waals surface area contributed by atoms with Crippen molar-refractivity contribution in [1.29, 1.82) is 0 Å². The minimum absolute atomic E-state index is 0.126. The maximum atomic E-state index is 13.1. The van der Waals surface area contributed by atoms with Gasteiger partial charge in [0.1, 0.15) is 5.82 Å². The molecule has 1 heterocycles. The van der Waals surface area contributed by atoms with Crippen molar-refractivity contribution < 1.29 is 13.6 Å². The standard InChI is InChI=1S/C14H13F2N3O/c1-2-14(20)19-13-6-4-10(8-17-13)18-9-3-5-11(15)12(16)7-9/h3-8,18H,2H2,1H3,(H,17,19,20). The van der Waals surface area contributed by atoms with E-state index in [9.17, 15) is 13.6 Å². The van der Waals surface area contributed by atoms with E-state index in [1.807, 2.05) is 0 Å². The number of hydrogen-bond acceptors (Lipinski definition) is 3. The number of amides is 1. The van der Waals surface area contributed by atoms with Crippen LogP contribution in [-0.2, 0) is 4.79 Å². The van der Waals surface area contributed by atoms with Crippen LogP contribution in [0.5, 0.6) is 0 Å². The highest BCUT2D eigenvalue weighted by Crippen LogP contribution is 2.19. The molecule has 0 aliphatic rings. The second-order valence-corrected chi connectivity index (χ2v) is 4.09. The normalized spacial score (nSPS) is 10.2. The average molecular weight is 277 g/mol. The molecule has 4 nitrogen and oxygen atoms in total. The summed E-state index contributed by atoms with van der Waals surface area (Å²) in [4.78, 5) is 15.2. The smallest absolute Gasteiger partial charge is 0.225 e.